The summed E-state index contributed by atoms with van der Waals surface area (Å²) in [5, 5.41) is 2.87. The summed E-state index contributed by atoms with van der Waals surface area (Å²) in [6.07, 6.45) is 1.62. The van der Waals surface area contributed by atoms with Crippen LogP contribution in [0.3, 0.4) is 0 Å². The molecule has 5 nitrogen and oxygen atoms in total. The molecule has 0 aliphatic heterocycles. The highest BCUT2D eigenvalue weighted by atomic mass is 35.5. The summed E-state index contributed by atoms with van der Waals surface area (Å²) in [6, 6.07) is 25.2. The Morgan fingerprint density at radius 1 is 0.906 bits per heavy atom. The Bertz CT molecular complexity index is 1510. The fourth-order valence-electron chi connectivity index (χ4n) is 3.74. The zero-order valence-electron chi connectivity index (χ0n) is 16.9. The summed E-state index contributed by atoms with van der Waals surface area (Å²) in [5.74, 6) is -0.0504. The maximum atomic E-state index is 13.6. The summed E-state index contributed by atoms with van der Waals surface area (Å²) in [7, 11) is 0. The van der Waals surface area contributed by atoms with Gasteiger partial charge in [0.05, 0.1) is 11.9 Å². The van der Waals surface area contributed by atoms with Gasteiger partial charge in [-0.3, -0.25) is 14.5 Å². The Kier molecular flexibility index (Phi) is 5.17. The lowest BCUT2D eigenvalue weighted by atomic mass is 10.0. The van der Waals surface area contributed by atoms with E-state index in [1.54, 1.807) is 30.5 Å². The number of rotatable bonds is 4. The maximum Gasteiger partial charge on any atom is 0.295 e. The lowest BCUT2D eigenvalue weighted by Gasteiger charge is -2.22. The van der Waals surface area contributed by atoms with Crippen LogP contribution in [0.15, 0.2) is 100 Å². The summed E-state index contributed by atoms with van der Waals surface area (Å²) < 4.78 is 5.81. The molecule has 0 N–H and O–H groups in total. The molecule has 5 rings (SSSR count). The van der Waals surface area contributed by atoms with Crippen molar-refractivity contribution in [2.24, 2.45) is 0 Å². The predicted octanol–water partition coefficient (Wildman–Crippen LogP) is 5.84. The molecule has 0 fully saturated rings. The Morgan fingerprint density at radius 2 is 1.72 bits per heavy atom. The SMILES string of the molecule is O=C(c1cc(=O)c2cc(Cl)ccc2o1)N(Cc1cccc2ccccc12)c1ccccn1. The number of carbonyl (C=O) groups excluding carboxylic acids is 1. The first-order chi connectivity index (χ1) is 15.6. The molecule has 0 aliphatic carbocycles. The van der Waals surface area contributed by atoms with Crippen molar-refractivity contribution >= 4 is 45.1 Å². The second kappa shape index (κ2) is 8.29. The molecule has 0 spiro atoms. The van der Waals surface area contributed by atoms with Crippen LogP contribution in [0.1, 0.15) is 16.1 Å². The lowest BCUT2D eigenvalue weighted by molar-refractivity contribution is 0.0958. The molecule has 6 heteroatoms. The van der Waals surface area contributed by atoms with Gasteiger partial charge in [-0.2, -0.15) is 0 Å². The van der Waals surface area contributed by atoms with Crippen LogP contribution in [0.25, 0.3) is 21.7 Å². The number of anilines is 1. The second-order valence-electron chi connectivity index (χ2n) is 7.33. The van der Waals surface area contributed by atoms with Crippen LogP contribution < -0.4 is 10.3 Å². The van der Waals surface area contributed by atoms with Crippen LogP contribution in [0.4, 0.5) is 5.82 Å². The molecule has 5 aromatic rings. The van der Waals surface area contributed by atoms with E-state index in [4.69, 9.17) is 16.0 Å². The van der Waals surface area contributed by atoms with Crippen LogP contribution in [0.5, 0.6) is 0 Å². The summed E-state index contributed by atoms with van der Waals surface area (Å²) in [4.78, 5) is 32.1. The van der Waals surface area contributed by atoms with Gasteiger partial charge in [0, 0.05) is 17.3 Å². The lowest BCUT2D eigenvalue weighted by Crippen LogP contribution is -2.31. The van der Waals surface area contributed by atoms with Crippen molar-refractivity contribution in [3.05, 3.63) is 118 Å². The average molecular weight is 441 g/mol. The summed E-state index contributed by atoms with van der Waals surface area (Å²) in [6.45, 7) is 0.263. The van der Waals surface area contributed by atoms with Crippen molar-refractivity contribution in [2.75, 3.05) is 4.90 Å². The van der Waals surface area contributed by atoms with Gasteiger partial charge in [0.1, 0.15) is 11.4 Å². The first kappa shape index (κ1) is 20.0. The zero-order chi connectivity index (χ0) is 22.1. The van der Waals surface area contributed by atoms with E-state index in [-0.39, 0.29) is 17.7 Å². The van der Waals surface area contributed by atoms with Crippen LogP contribution in [-0.4, -0.2) is 10.9 Å². The highest BCUT2D eigenvalue weighted by Gasteiger charge is 2.23. The Balaban J connectivity index is 1.61. The largest absolute Gasteiger partial charge is 0.451 e. The number of benzene rings is 3. The summed E-state index contributed by atoms with van der Waals surface area (Å²) in [5.41, 5.74) is 0.927. The van der Waals surface area contributed by atoms with E-state index >= 15 is 0 Å². The first-order valence-corrected chi connectivity index (χ1v) is 10.4. The molecule has 1 amide bonds. The average Bonchev–Trinajstić information content (AvgIpc) is 2.83. The summed E-state index contributed by atoms with van der Waals surface area (Å²) >= 11 is 6.00. The minimum absolute atomic E-state index is 0.0595. The van der Waals surface area contributed by atoms with Gasteiger partial charge in [0.2, 0.25) is 0 Å². The van der Waals surface area contributed by atoms with Gasteiger partial charge in [0.15, 0.2) is 11.2 Å². The van der Waals surface area contributed by atoms with E-state index < -0.39 is 5.91 Å². The van der Waals surface area contributed by atoms with Gasteiger partial charge in [-0.05, 0) is 46.7 Å². The Morgan fingerprint density at radius 3 is 2.56 bits per heavy atom. The molecule has 32 heavy (non-hydrogen) atoms. The van der Waals surface area contributed by atoms with Gasteiger partial charge >= 0.3 is 0 Å². The molecule has 0 atom stereocenters. The standard InChI is InChI=1S/C26H17ClN2O3/c27-19-11-12-23-21(14-19)22(30)15-24(32-23)26(31)29(25-10-3-4-13-28-25)16-18-8-5-7-17-6-1-2-9-20(17)18/h1-15H,16H2. The van der Waals surface area contributed by atoms with Gasteiger partial charge in [-0.25, -0.2) is 4.98 Å². The molecule has 2 aromatic heterocycles. The van der Waals surface area contributed by atoms with Crippen molar-refractivity contribution in [3.63, 3.8) is 0 Å². The highest BCUT2D eigenvalue weighted by molar-refractivity contribution is 6.31. The maximum absolute atomic E-state index is 13.6. The zero-order valence-corrected chi connectivity index (χ0v) is 17.6. The van der Waals surface area contributed by atoms with Crippen molar-refractivity contribution < 1.29 is 9.21 Å². The number of amides is 1. The van der Waals surface area contributed by atoms with Gasteiger partial charge in [0.25, 0.3) is 5.91 Å². The Hall–Kier alpha value is -3.96. The number of carbonyl (C=O) groups is 1. The molecule has 3 aromatic carbocycles. The fourth-order valence-corrected chi connectivity index (χ4v) is 3.91. The number of fused-ring (bicyclic) bond motifs is 2. The van der Waals surface area contributed by atoms with E-state index in [0.717, 1.165) is 16.3 Å². The molecule has 0 unspecified atom stereocenters. The number of hydrogen-bond acceptors (Lipinski definition) is 4. The van der Waals surface area contributed by atoms with Crippen LogP contribution in [-0.2, 0) is 6.54 Å². The second-order valence-corrected chi connectivity index (χ2v) is 7.77. The van der Waals surface area contributed by atoms with Crippen LogP contribution in [0.2, 0.25) is 5.02 Å². The van der Waals surface area contributed by atoms with E-state index in [1.165, 1.54) is 17.0 Å². The monoisotopic (exact) mass is 440 g/mol. The fraction of sp³-hybridized carbons (Fsp3) is 0.0385. The third-order valence-electron chi connectivity index (χ3n) is 5.28. The molecule has 156 valence electrons. The third-order valence-corrected chi connectivity index (χ3v) is 5.51. The normalized spacial score (nSPS) is 11.0. The van der Waals surface area contributed by atoms with Crippen molar-refractivity contribution in [1.29, 1.82) is 0 Å². The van der Waals surface area contributed by atoms with Crippen molar-refractivity contribution in [3.8, 4) is 0 Å². The minimum Gasteiger partial charge on any atom is -0.451 e. The number of nitrogens with zero attached hydrogens (tertiary/aromatic N) is 2. The molecule has 0 saturated heterocycles. The molecule has 0 bridgehead atoms. The van der Waals surface area contributed by atoms with Crippen LogP contribution in [0, 0.1) is 0 Å². The van der Waals surface area contributed by atoms with E-state index in [0.29, 0.717) is 21.8 Å². The smallest absolute Gasteiger partial charge is 0.295 e. The van der Waals surface area contributed by atoms with E-state index in [2.05, 4.69) is 4.98 Å². The quantitative estimate of drug-likeness (QED) is 0.352. The molecule has 0 saturated carbocycles. The first-order valence-electron chi connectivity index (χ1n) is 10.0. The topological polar surface area (TPSA) is 63.4 Å². The third kappa shape index (κ3) is 3.74. The number of hydrogen-bond donors (Lipinski definition) is 0. The molecule has 2 heterocycles. The van der Waals surface area contributed by atoms with Crippen LogP contribution >= 0.6 is 11.6 Å². The number of aromatic nitrogens is 1. The molecular formula is C26H17ClN2O3. The molecule has 0 aliphatic rings. The molecule has 0 radical (unpaired) electrons. The van der Waals surface area contributed by atoms with Gasteiger partial charge in [-0.15, -0.1) is 0 Å². The van der Waals surface area contributed by atoms with Gasteiger partial charge < -0.3 is 4.42 Å². The van der Waals surface area contributed by atoms with Gasteiger partial charge in [-0.1, -0.05) is 60.1 Å². The van der Waals surface area contributed by atoms with E-state index in [1.807, 2.05) is 48.5 Å². The van der Waals surface area contributed by atoms with Crippen molar-refractivity contribution in [1.82, 2.24) is 4.98 Å². The highest BCUT2D eigenvalue weighted by Crippen LogP contribution is 2.25. The predicted molar refractivity (Wildman–Crippen MR) is 126 cm³/mol. The Labute approximate surface area is 188 Å². The van der Waals surface area contributed by atoms with Crippen molar-refractivity contribution in [2.45, 2.75) is 6.54 Å². The minimum atomic E-state index is -0.453. The molecular weight excluding hydrogens is 424 g/mol. The van der Waals surface area contributed by atoms with E-state index in [9.17, 15) is 9.59 Å². The number of pyridine rings is 1. The number of halogens is 1.